The van der Waals surface area contributed by atoms with Gasteiger partial charge in [0.15, 0.2) is 17.2 Å². The minimum absolute atomic E-state index is 0.280. The fourth-order valence-corrected chi connectivity index (χ4v) is 8.63. The van der Waals surface area contributed by atoms with Crippen LogP contribution in [0.3, 0.4) is 0 Å². The van der Waals surface area contributed by atoms with E-state index < -0.39 is 0 Å². The van der Waals surface area contributed by atoms with Crippen LogP contribution in [0.15, 0.2) is 203 Å². The number of hydrogen-bond acceptors (Lipinski definition) is 4. The van der Waals surface area contributed by atoms with E-state index in [0.717, 1.165) is 61.8 Å². The molecule has 4 aliphatic carbocycles. The van der Waals surface area contributed by atoms with Gasteiger partial charge in [-0.15, -0.1) is 10.2 Å². The van der Waals surface area contributed by atoms with Crippen LogP contribution in [0.25, 0.3) is 67.7 Å². The molecule has 2 aromatic heterocycles. The lowest BCUT2D eigenvalue weighted by atomic mass is 9.62. The quantitative estimate of drug-likeness (QED) is 0.169. The predicted octanol–water partition coefficient (Wildman–Crippen LogP) is 13.9. The van der Waals surface area contributed by atoms with Crippen molar-refractivity contribution in [2.24, 2.45) is 11.8 Å². The highest BCUT2D eigenvalue weighted by Crippen LogP contribution is 2.53. The monoisotopic (exact) mass is 766 g/mol. The zero-order valence-electron chi connectivity index (χ0n) is 34.1. The number of oxazole rings is 1. The smallest absolute Gasteiger partial charge is 0.227 e. The van der Waals surface area contributed by atoms with Gasteiger partial charge < -0.3 is 4.42 Å². The molecule has 59 heavy (non-hydrogen) atoms. The lowest BCUT2D eigenvalue weighted by Crippen LogP contribution is -2.29. The van der Waals surface area contributed by atoms with Gasteiger partial charge in [0, 0.05) is 34.2 Å². The number of aryl methyl sites for hydroxylation is 1. The van der Waals surface area contributed by atoms with E-state index in [2.05, 4.69) is 145 Å². The zero-order valence-corrected chi connectivity index (χ0v) is 34.1. The van der Waals surface area contributed by atoms with Gasteiger partial charge in [0.05, 0.1) is 0 Å². The van der Waals surface area contributed by atoms with Gasteiger partial charge in [-0.3, -0.25) is 4.57 Å². The molecule has 0 spiro atoms. The first kappa shape index (κ1) is 37.5. The maximum absolute atomic E-state index is 6.40. The molecule has 0 amide bonds. The highest BCUT2D eigenvalue weighted by molar-refractivity contribution is 5.90. The summed E-state index contributed by atoms with van der Waals surface area (Å²) in [5.41, 5.74) is 16.7. The molecule has 0 bridgehead atoms. The summed E-state index contributed by atoms with van der Waals surface area (Å²) in [5, 5.41) is 9.44. The van der Waals surface area contributed by atoms with E-state index in [9.17, 15) is 0 Å². The second-order valence-corrected chi connectivity index (χ2v) is 14.6. The average Bonchev–Trinajstić information content (AvgIpc) is 3.96. The third kappa shape index (κ3) is 6.79. The Balaban J connectivity index is 0.00000109. The molecule has 0 saturated carbocycles. The summed E-state index contributed by atoms with van der Waals surface area (Å²) >= 11 is 0. The van der Waals surface area contributed by atoms with Crippen molar-refractivity contribution in [3.05, 3.63) is 209 Å². The Hall–Kier alpha value is -7.11. The molecule has 11 rings (SSSR count). The third-order valence-electron chi connectivity index (χ3n) is 11.2. The molecule has 2 atom stereocenters. The summed E-state index contributed by atoms with van der Waals surface area (Å²) in [6.45, 7) is 10.1. The van der Waals surface area contributed by atoms with Crippen LogP contribution in [0.4, 0.5) is 0 Å². The van der Waals surface area contributed by atoms with Gasteiger partial charge in [0.25, 0.3) is 0 Å². The van der Waals surface area contributed by atoms with Crippen molar-refractivity contribution in [3.8, 4) is 51.0 Å². The van der Waals surface area contributed by atoms with Crippen LogP contribution < -0.4 is 0 Å². The summed E-state index contributed by atoms with van der Waals surface area (Å²) in [6, 6.07) is 42.1. The van der Waals surface area contributed by atoms with E-state index in [4.69, 9.17) is 19.6 Å². The average molecular weight is 767 g/mol. The summed E-state index contributed by atoms with van der Waals surface area (Å²) in [4.78, 5) is 4.95. The first-order valence-corrected chi connectivity index (χ1v) is 20.8. The van der Waals surface area contributed by atoms with Crippen molar-refractivity contribution in [3.63, 3.8) is 0 Å². The molecule has 7 aromatic rings. The normalized spacial score (nSPS) is 16.9. The van der Waals surface area contributed by atoms with Gasteiger partial charge in [-0.05, 0) is 100 Å². The molecule has 288 valence electrons. The van der Waals surface area contributed by atoms with Crippen molar-refractivity contribution >= 4 is 16.7 Å². The first-order chi connectivity index (χ1) is 29.1. The van der Waals surface area contributed by atoms with Crippen LogP contribution in [0.5, 0.6) is 0 Å². The highest BCUT2D eigenvalue weighted by atomic mass is 16.3. The van der Waals surface area contributed by atoms with Crippen LogP contribution in [-0.2, 0) is 0 Å². The molecule has 2 unspecified atom stereocenters. The number of hydrogen-bond donors (Lipinski definition) is 0. The molecule has 4 aliphatic rings. The van der Waals surface area contributed by atoms with Gasteiger partial charge in [0.1, 0.15) is 5.52 Å². The standard InChI is InChI=1S/C50H34N4O.2C2H6/c1-31-10-7-16-37(26-31)49-53-52-48(35-11-3-2-4-12-35)54(49)41-24-22-32(23-25-41)38-27-39(29-40(28-38)50-51-44-18-5-6-19-45(44)55-50)43-30-36-15-8-13-33-20-21-34-14-9-17-42(43)47(34)46(33)36;2*1-2/h2-30,46-47H,1H3;2*1-2H3. The number of fused-ring (bicyclic) bond motifs is 1. The van der Waals surface area contributed by atoms with Crippen LogP contribution in [0, 0.1) is 18.8 Å². The fraction of sp³-hybridized carbons (Fsp3) is 0.130. The Morgan fingerprint density at radius 2 is 1.19 bits per heavy atom. The van der Waals surface area contributed by atoms with E-state index in [0.29, 0.717) is 11.8 Å². The van der Waals surface area contributed by atoms with Crippen molar-refractivity contribution in [1.29, 1.82) is 0 Å². The lowest BCUT2D eigenvalue weighted by Gasteiger charge is -2.41. The molecular weight excluding hydrogens is 721 g/mol. The molecule has 5 nitrogen and oxygen atoms in total. The van der Waals surface area contributed by atoms with Crippen molar-refractivity contribution in [1.82, 2.24) is 19.7 Å². The first-order valence-electron chi connectivity index (χ1n) is 20.8. The van der Waals surface area contributed by atoms with Crippen LogP contribution in [0.2, 0.25) is 0 Å². The SMILES string of the molecule is CC.CC.Cc1cccc(-c2nnc(-c3ccccc3)n2-c2ccc(-c3cc(C4=CC5=CC=CC6=CC=C7C=CC=C4C7C65)cc(-c4nc5ccccc5o4)c3)cc2)c1. The minimum Gasteiger partial charge on any atom is -0.436 e. The van der Waals surface area contributed by atoms with E-state index in [1.165, 1.54) is 33.4 Å². The van der Waals surface area contributed by atoms with Gasteiger partial charge in [0.2, 0.25) is 5.89 Å². The summed E-state index contributed by atoms with van der Waals surface area (Å²) in [6.07, 6.45) is 20.5. The van der Waals surface area contributed by atoms with Crippen molar-refractivity contribution < 1.29 is 4.42 Å². The Bertz CT molecular complexity index is 2890. The van der Waals surface area contributed by atoms with Crippen LogP contribution in [-0.4, -0.2) is 19.7 Å². The Morgan fingerprint density at radius 1 is 0.525 bits per heavy atom. The number of para-hydroxylation sites is 2. The summed E-state index contributed by atoms with van der Waals surface area (Å²) < 4.78 is 8.55. The van der Waals surface area contributed by atoms with Crippen LogP contribution >= 0.6 is 0 Å². The van der Waals surface area contributed by atoms with E-state index in [-0.39, 0.29) is 5.92 Å². The fourth-order valence-electron chi connectivity index (χ4n) is 8.63. The van der Waals surface area contributed by atoms with Gasteiger partial charge in [-0.25, -0.2) is 4.98 Å². The van der Waals surface area contributed by atoms with Gasteiger partial charge >= 0.3 is 0 Å². The second kappa shape index (κ2) is 16.0. The molecule has 0 saturated heterocycles. The summed E-state index contributed by atoms with van der Waals surface area (Å²) in [7, 11) is 0. The molecule has 0 aliphatic heterocycles. The molecule has 2 heterocycles. The van der Waals surface area contributed by atoms with Gasteiger partial charge in [-0.2, -0.15) is 0 Å². The molecule has 0 fully saturated rings. The molecule has 0 N–H and O–H groups in total. The number of aromatic nitrogens is 4. The molecular formula is C54H46N4O. The molecule has 5 heteroatoms. The maximum atomic E-state index is 6.40. The zero-order chi connectivity index (χ0) is 40.5. The number of nitrogens with zero attached hydrogens (tertiary/aromatic N) is 4. The lowest BCUT2D eigenvalue weighted by molar-refractivity contribution is 0.568. The highest BCUT2D eigenvalue weighted by Gasteiger charge is 2.39. The van der Waals surface area contributed by atoms with E-state index in [1.54, 1.807) is 0 Å². The Morgan fingerprint density at radius 3 is 1.95 bits per heavy atom. The summed E-state index contributed by atoms with van der Waals surface area (Å²) in [5.74, 6) is 2.82. The van der Waals surface area contributed by atoms with Crippen molar-refractivity contribution in [2.75, 3.05) is 0 Å². The second-order valence-electron chi connectivity index (χ2n) is 14.6. The predicted molar refractivity (Wildman–Crippen MR) is 244 cm³/mol. The van der Waals surface area contributed by atoms with Gasteiger partial charge in [-0.1, -0.05) is 161 Å². The van der Waals surface area contributed by atoms with E-state index >= 15 is 0 Å². The Labute approximate surface area is 346 Å². The molecule has 0 radical (unpaired) electrons. The van der Waals surface area contributed by atoms with Crippen LogP contribution in [0.1, 0.15) is 38.8 Å². The topological polar surface area (TPSA) is 56.7 Å². The minimum atomic E-state index is 0.280. The largest absolute Gasteiger partial charge is 0.436 e. The van der Waals surface area contributed by atoms with Crippen molar-refractivity contribution in [2.45, 2.75) is 34.6 Å². The number of rotatable bonds is 6. The number of allylic oxidation sites excluding steroid dienone is 14. The Kier molecular flexibility index (Phi) is 10.2. The maximum Gasteiger partial charge on any atom is 0.227 e. The molecule has 5 aromatic carbocycles. The van der Waals surface area contributed by atoms with E-state index in [1.807, 2.05) is 70.2 Å². The third-order valence-corrected chi connectivity index (χ3v) is 11.2. The number of benzene rings is 5.